The van der Waals surface area contributed by atoms with Gasteiger partial charge in [0.15, 0.2) is 5.69 Å². The molecule has 4 N–H and O–H groups in total. The third-order valence-corrected chi connectivity index (χ3v) is 4.05. The third-order valence-electron chi connectivity index (χ3n) is 3.04. The highest BCUT2D eigenvalue weighted by atomic mass is 32.2. The van der Waals surface area contributed by atoms with Gasteiger partial charge in [-0.15, -0.1) is 0 Å². The largest absolute Gasteiger partial charge is 0.350 e. The number of rotatable bonds is 6. The number of hydrogen-bond donors (Lipinski definition) is 3. The SMILES string of the molecule is CCCc1[nH]nc(C(=O)NCC2CC2)c1S(N)(=O)=O. The van der Waals surface area contributed by atoms with Crippen LogP contribution in [0.2, 0.25) is 0 Å². The number of nitrogens with one attached hydrogen (secondary N) is 2. The Morgan fingerprint density at radius 2 is 2.21 bits per heavy atom. The maximum atomic E-state index is 11.9. The van der Waals surface area contributed by atoms with Gasteiger partial charge >= 0.3 is 0 Å². The van der Waals surface area contributed by atoms with Crippen LogP contribution in [0.4, 0.5) is 0 Å². The van der Waals surface area contributed by atoms with Crippen molar-refractivity contribution >= 4 is 15.9 Å². The Morgan fingerprint density at radius 3 is 2.74 bits per heavy atom. The first-order valence-corrected chi connectivity index (χ1v) is 7.86. The van der Waals surface area contributed by atoms with E-state index in [9.17, 15) is 13.2 Å². The van der Waals surface area contributed by atoms with E-state index < -0.39 is 15.9 Å². The van der Waals surface area contributed by atoms with Crippen molar-refractivity contribution in [3.05, 3.63) is 11.4 Å². The maximum absolute atomic E-state index is 11.9. The Hall–Kier alpha value is -1.41. The second-order valence-electron chi connectivity index (χ2n) is 4.83. The van der Waals surface area contributed by atoms with Crippen molar-refractivity contribution in [1.29, 1.82) is 0 Å². The molecule has 2 rings (SSSR count). The van der Waals surface area contributed by atoms with E-state index in [1.807, 2.05) is 6.92 Å². The van der Waals surface area contributed by atoms with Crippen LogP contribution in [0.5, 0.6) is 0 Å². The minimum atomic E-state index is -3.97. The fourth-order valence-corrected chi connectivity index (χ4v) is 2.79. The second-order valence-corrected chi connectivity index (χ2v) is 6.33. The number of amides is 1. The molecular weight excluding hydrogens is 268 g/mol. The van der Waals surface area contributed by atoms with E-state index in [4.69, 9.17) is 5.14 Å². The van der Waals surface area contributed by atoms with Crippen molar-refractivity contribution in [2.75, 3.05) is 6.54 Å². The highest BCUT2D eigenvalue weighted by Gasteiger charge is 2.28. The van der Waals surface area contributed by atoms with E-state index in [2.05, 4.69) is 15.5 Å². The topological polar surface area (TPSA) is 118 Å². The molecule has 0 unspecified atom stereocenters. The smallest absolute Gasteiger partial charge is 0.273 e. The standard InChI is InChI=1S/C11H18N4O3S/c1-2-3-8-10(19(12,17)18)9(15-14-8)11(16)13-6-7-4-5-7/h7H,2-6H2,1H3,(H,13,16)(H,14,15)(H2,12,17,18). The average Bonchev–Trinajstić information content (AvgIpc) is 3.04. The number of aryl methyl sites for hydroxylation is 1. The molecule has 1 aliphatic rings. The molecule has 0 aromatic carbocycles. The van der Waals surface area contributed by atoms with Crippen LogP contribution in [0.15, 0.2) is 4.90 Å². The van der Waals surface area contributed by atoms with Crippen LogP contribution in [0.1, 0.15) is 42.4 Å². The van der Waals surface area contributed by atoms with Gasteiger partial charge in [0.25, 0.3) is 5.91 Å². The van der Waals surface area contributed by atoms with Gasteiger partial charge < -0.3 is 5.32 Å². The Morgan fingerprint density at radius 1 is 1.53 bits per heavy atom. The number of aromatic nitrogens is 2. The molecule has 1 aliphatic carbocycles. The van der Waals surface area contributed by atoms with E-state index in [0.717, 1.165) is 19.3 Å². The number of primary sulfonamides is 1. The third kappa shape index (κ3) is 3.32. The number of nitrogens with zero attached hydrogens (tertiary/aromatic N) is 1. The van der Waals surface area contributed by atoms with Gasteiger partial charge in [0.2, 0.25) is 10.0 Å². The number of carbonyl (C=O) groups is 1. The zero-order valence-electron chi connectivity index (χ0n) is 10.8. The van der Waals surface area contributed by atoms with E-state index in [1.54, 1.807) is 0 Å². The molecule has 1 amide bonds. The molecule has 19 heavy (non-hydrogen) atoms. The summed E-state index contributed by atoms with van der Waals surface area (Å²) >= 11 is 0. The van der Waals surface area contributed by atoms with Crippen molar-refractivity contribution < 1.29 is 13.2 Å². The van der Waals surface area contributed by atoms with Crippen LogP contribution < -0.4 is 10.5 Å². The minimum Gasteiger partial charge on any atom is -0.350 e. The van der Waals surface area contributed by atoms with Crippen molar-refractivity contribution in [2.45, 2.75) is 37.5 Å². The predicted octanol–water partition coefficient (Wildman–Crippen LogP) is 0.149. The average molecular weight is 286 g/mol. The van der Waals surface area contributed by atoms with Crippen molar-refractivity contribution in [3.8, 4) is 0 Å². The molecule has 0 spiro atoms. The molecule has 0 atom stereocenters. The number of aromatic amines is 1. The van der Waals surface area contributed by atoms with Gasteiger partial charge in [0.1, 0.15) is 4.90 Å². The highest BCUT2D eigenvalue weighted by molar-refractivity contribution is 7.89. The molecule has 0 bridgehead atoms. The summed E-state index contributed by atoms with van der Waals surface area (Å²) in [5.74, 6) is 0.0189. The molecule has 1 aromatic rings. The van der Waals surface area contributed by atoms with Gasteiger partial charge in [-0.25, -0.2) is 13.6 Å². The lowest BCUT2D eigenvalue weighted by molar-refractivity contribution is 0.0943. The fourth-order valence-electron chi connectivity index (χ4n) is 1.89. The summed E-state index contributed by atoms with van der Waals surface area (Å²) in [6, 6.07) is 0. The zero-order valence-corrected chi connectivity index (χ0v) is 11.6. The first-order valence-electron chi connectivity index (χ1n) is 6.31. The summed E-state index contributed by atoms with van der Waals surface area (Å²) in [6.07, 6.45) is 3.41. The van der Waals surface area contributed by atoms with Crippen molar-refractivity contribution in [2.24, 2.45) is 11.1 Å². The Kier molecular flexibility index (Phi) is 3.91. The molecule has 1 fully saturated rings. The molecule has 1 saturated carbocycles. The molecule has 0 radical (unpaired) electrons. The van der Waals surface area contributed by atoms with E-state index in [0.29, 0.717) is 24.6 Å². The van der Waals surface area contributed by atoms with Gasteiger partial charge in [-0.2, -0.15) is 5.10 Å². The Labute approximate surface area is 112 Å². The highest BCUT2D eigenvalue weighted by Crippen LogP contribution is 2.27. The summed E-state index contributed by atoms with van der Waals surface area (Å²) in [7, 11) is -3.97. The molecule has 106 valence electrons. The van der Waals surface area contributed by atoms with E-state index >= 15 is 0 Å². The lowest BCUT2D eigenvalue weighted by Crippen LogP contribution is -2.28. The zero-order chi connectivity index (χ0) is 14.0. The van der Waals surface area contributed by atoms with Crippen LogP contribution in [-0.2, 0) is 16.4 Å². The molecule has 0 aliphatic heterocycles. The van der Waals surface area contributed by atoms with E-state index in [1.165, 1.54) is 0 Å². The van der Waals surface area contributed by atoms with Gasteiger partial charge in [-0.3, -0.25) is 9.89 Å². The first kappa shape index (κ1) is 14.0. The summed E-state index contributed by atoms with van der Waals surface area (Å²) < 4.78 is 23.2. The molecule has 0 saturated heterocycles. The van der Waals surface area contributed by atoms with Gasteiger partial charge in [0.05, 0.1) is 5.69 Å². The van der Waals surface area contributed by atoms with Gasteiger partial charge in [-0.05, 0) is 25.2 Å². The molecule has 7 nitrogen and oxygen atoms in total. The Balaban J connectivity index is 2.25. The Bertz CT molecular complexity index is 575. The van der Waals surface area contributed by atoms with Crippen molar-refractivity contribution in [1.82, 2.24) is 15.5 Å². The molecule has 1 heterocycles. The quantitative estimate of drug-likeness (QED) is 0.689. The fraction of sp³-hybridized carbons (Fsp3) is 0.636. The number of carbonyl (C=O) groups excluding carboxylic acids is 1. The minimum absolute atomic E-state index is 0.133. The van der Waals surface area contributed by atoms with Gasteiger partial charge in [0, 0.05) is 6.54 Å². The number of sulfonamides is 1. The molecule has 8 heteroatoms. The normalized spacial score (nSPS) is 15.5. The van der Waals surface area contributed by atoms with Crippen LogP contribution >= 0.6 is 0 Å². The predicted molar refractivity (Wildman–Crippen MR) is 69.0 cm³/mol. The molecule has 1 aromatic heterocycles. The summed E-state index contributed by atoms with van der Waals surface area (Å²) in [4.78, 5) is 11.8. The second kappa shape index (κ2) is 5.30. The van der Waals surface area contributed by atoms with Crippen LogP contribution in [0.25, 0.3) is 0 Å². The van der Waals surface area contributed by atoms with Crippen molar-refractivity contribution in [3.63, 3.8) is 0 Å². The summed E-state index contributed by atoms with van der Waals surface area (Å²) in [6.45, 7) is 2.46. The summed E-state index contributed by atoms with van der Waals surface area (Å²) in [5.41, 5.74) is 0.258. The van der Waals surface area contributed by atoms with Crippen LogP contribution in [0, 0.1) is 5.92 Å². The number of nitrogens with two attached hydrogens (primary N) is 1. The monoisotopic (exact) mass is 286 g/mol. The number of H-pyrrole nitrogens is 1. The van der Waals surface area contributed by atoms with Crippen LogP contribution in [-0.4, -0.2) is 31.1 Å². The lowest BCUT2D eigenvalue weighted by Gasteiger charge is -2.04. The maximum Gasteiger partial charge on any atom is 0.273 e. The molecular formula is C11H18N4O3S. The lowest BCUT2D eigenvalue weighted by atomic mass is 10.2. The number of hydrogen-bond acceptors (Lipinski definition) is 4. The van der Waals surface area contributed by atoms with E-state index in [-0.39, 0.29) is 10.6 Å². The van der Waals surface area contributed by atoms with Gasteiger partial charge in [-0.1, -0.05) is 13.3 Å². The van der Waals surface area contributed by atoms with Crippen LogP contribution in [0.3, 0.4) is 0 Å². The first-order chi connectivity index (χ1) is 8.93. The summed E-state index contributed by atoms with van der Waals surface area (Å²) in [5, 5.41) is 14.3.